The van der Waals surface area contributed by atoms with Crippen LogP contribution >= 0.6 is 0 Å². The molecular weight excluding hydrogens is 339 g/mol. The number of aromatic amines is 1. The number of aromatic nitrogens is 2. The minimum absolute atomic E-state index is 0.116. The first-order valence-corrected chi connectivity index (χ1v) is 8.08. The zero-order valence-electron chi connectivity index (χ0n) is 13.6. The number of halogens is 1. The summed E-state index contributed by atoms with van der Waals surface area (Å²) in [6.07, 6.45) is 0.358. The molecule has 0 saturated carbocycles. The van der Waals surface area contributed by atoms with Gasteiger partial charge in [0.25, 0.3) is 0 Å². The minimum Gasteiger partial charge on any atom is -0.454 e. The van der Waals surface area contributed by atoms with Crippen molar-refractivity contribution in [3.05, 3.63) is 53.6 Å². The second kappa shape index (κ2) is 6.47. The Hall–Kier alpha value is -3.42. The number of para-hydroxylation sites is 1. The first kappa shape index (κ1) is 16.1. The highest BCUT2D eigenvalue weighted by atomic mass is 19.1. The number of ether oxygens (including phenoxy) is 1. The van der Waals surface area contributed by atoms with Crippen molar-refractivity contribution >= 4 is 34.3 Å². The van der Waals surface area contributed by atoms with Gasteiger partial charge in [-0.2, -0.15) is 0 Å². The van der Waals surface area contributed by atoms with Crippen LogP contribution in [0.2, 0.25) is 0 Å². The molecule has 0 fully saturated rings. The van der Waals surface area contributed by atoms with Gasteiger partial charge in [-0.15, -0.1) is 0 Å². The number of carbonyl (C=O) groups excluding carboxylic acids is 2. The van der Waals surface area contributed by atoms with Gasteiger partial charge in [-0.25, -0.2) is 14.2 Å². The van der Waals surface area contributed by atoms with Crippen molar-refractivity contribution in [3.63, 3.8) is 0 Å². The average molecular weight is 354 g/mol. The lowest BCUT2D eigenvalue weighted by atomic mass is 10.1. The van der Waals surface area contributed by atoms with Crippen LogP contribution < -0.4 is 10.6 Å². The zero-order chi connectivity index (χ0) is 18.1. The highest BCUT2D eigenvalue weighted by Gasteiger charge is 2.16. The lowest BCUT2D eigenvalue weighted by molar-refractivity contribution is -0.115. The number of carbonyl (C=O) groups is 2. The molecule has 132 valence electrons. The Morgan fingerprint density at radius 3 is 2.96 bits per heavy atom. The number of rotatable bonds is 3. The molecule has 0 spiro atoms. The molecule has 2 heterocycles. The topological polar surface area (TPSA) is 96.1 Å². The summed E-state index contributed by atoms with van der Waals surface area (Å²) in [6, 6.07) is 9.48. The third-order valence-electron chi connectivity index (χ3n) is 4.05. The van der Waals surface area contributed by atoms with E-state index in [1.807, 2.05) is 0 Å². The molecule has 0 saturated heterocycles. The van der Waals surface area contributed by atoms with Crippen LogP contribution in [0.25, 0.3) is 11.0 Å². The second-order valence-electron chi connectivity index (χ2n) is 5.88. The van der Waals surface area contributed by atoms with Gasteiger partial charge in [0.05, 0.1) is 22.5 Å². The molecule has 7 nitrogen and oxygen atoms in total. The maximum absolute atomic E-state index is 13.7. The van der Waals surface area contributed by atoms with Gasteiger partial charge in [0.15, 0.2) is 5.82 Å². The number of imidazole rings is 1. The molecular formula is C18H15FN4O3. The van der Waals surface area contributed by atoms with E-state index in [9.17, 15) is 14.0 Å². The van der Waals surface area contributed by atoms with Crippen LogP contribution in [-0.4, -0.2) is 28.4 Å². The summed E-state index contributed by atoms with van der Waals surface area (Å²) < 4.78 is 18.9. The number of benzene rings is 2. The zero-order valence-corrected chi connectivity index (χ0v) is 13.6. The fraction of sp³-hybridized carbons (Fsp3) is 0.167. The summed E-state index contributed by atoms with van der Waals surface area (Å²) in [4.78, 5) is 30.9. The van der Waals surface area contributed by atoms with Crippen molar-refractivity contribution in [1.29, 1.82) is 0 Å². The first-order chi connectivity index (χ1) is 12.6. The summed E-state index contributed by atoms with van der Waals surface area (Å²) in [6.45, 7) is 0.417. The number of nitrogens with zero attached hydrogens (tertiary/aromatic N) is 1. The molecule has 3 N–H and O–H groups in total. The van der Waals surface area contributed by atoms with Gasteiger partial charge in [0, 0.05) is 13.0 Å². The summed E-state index contributed by atoms with van der Waals surface area (Å²) in [7, 11) is 0. The van der Waals surface area contributed by atoms with E-state index >= 15 is 0 Å². The first-order valence-electron chi connectivity index (χ1n) is 8.08. The van der Waals surface area contributed by atoms with Crippen molar-refractivity contribution in [1.82, 2.24) is 9.97 Å². The van der Waals surface area contributed by atoms with Gasteiger partial charge in [-0.05, 0) is 30.3 Å². The van der Waals surface area contributed by atoms with E-state index in [1.54, 1.807) is 30.3 Å². The summed E-state index contributed by atoms with van der Waals surface area (Å²) in [5.74, 6) is -0.771. The number of fused-ring (bicyclic) bond motifs is 2. The molecule has 2 aromatic carbocycles. The number of anilines is 2. The number of hydrogen-bond donors (Lipinski definition) is 3. The van der Waals surface area contributed by atoms with E-state index in [2.05, 4.69) is 20.6 Å². The molecule has 26 heavy (non-hydrogen) atoms. The number of nitrogens with one attached hydrogen (secondary N) is 3. The highest BCUT2D eigenvalue weighted by molar-refractivity contribution is 5.99. The fourth-order valence-electron chi connectivity index (χ4n) is 2.79. The van der Waals surface area contributed by atoms with Crippen LogP contribution in [0.3, 0.4) is 0 Å². The van der Waals surface area contributed by atoms with Gasteiger partial charge >= 0.3 is 5.97 Å². The van der Waals surface area contributed by atoms with E-state index in [0.717, 1.165) is 5.69 Å². The van der Waals surface area contributed by atoms with Crippen LogP contribution in [0.5, 0.6) is 0 Å². The van der Waals surface area contributed by atoms with Crippen molar-refractivity contribution in [2.75, 3.05) is 17.2 Å². The highest BCUT2D eigenvalue weighted by Crippen LogP contribution is 2.26. The lowest BCUT2D eigenvalue weighted by Crippen LogP contribution is -2.11. The Labute approximate surface area is 147 Å². The maximum atomic E-state index is 13.7. The van der Waals surface area contributed by atoms with E-state index in [-0.39, 0.29) is 18.0 Å². The van der Waals surface area contributed by atoms with Gasteiger partial charge in [-0.1, -0.05) is 6.07 Å². The molecule has 1 aromatic heterocycles. The van der Waals surface area contributed by atoms with E-state index in [0.29, 0.717) is 35.6 Å². The predicted octanol–water partition coefficient (Wildman–Crippen LogP) is 2.81. The molecule has 1 aliphatic rings. The fourth-order valence-corrected chi connectivity index (χ4v) is 2.79. The smallest absolute Gasteiger partial charge is 0.338 e. The predicted molar refractivity (Wildman–Crippen MR) is 93.3 cm³/mol. The van der Waals surface area contributed by atoms with E-state index in [1.165, 1.54) is 6.07 Å². The molecule has 0 atom stereocenters. The van der Waals surface area contributed by atoms with E-state index in [4.69, 9.17) is 4.74 Å². The number of hydrogen-bond acceptors (Lipinski definition) is 5. The van der Waals surface area contributed by atoms with Crippen molar-refractivity contribution in [2.24, 2.45) is 0 Å². The summed E-state index contributed by atoms with van der Waals surface area (Å²) >= 11 is 0. The number of H-pyrrole nitrogens is 1. The average Bonchev–Trinajstić information content (AvgIpc) is 2.96. The Balaban J connectivity index is 1.49. The van der Waals surface area contributed by atoms with Gasteiger partial charge in [-0.3, -0.25) is 4.79 Å². The molecule has 0 unspecified atom stereocenters. The monoisotopic (exact) mass is 354 g/mol. The molecule has 1 amide bonds. The van der Waals surface area contributed by atoms with Crippen LogP contribution in [0.1, 0.15) is 22.6 Å². The number of esters is 1. The second-order valence-corrected chi connectivity index (χ2v) is 5.88. The molecule has 1 aliphatic heterocycles. The molecule has 8 heteroatoms. The standard InChI is InChI=1S/C18H15FN4O3/c19-11-2-1-3-13-17(11)23-15(21-13)9-26-18(25)10-4-5-12-14(8-10)22-16(24)6-7-20-12/h1-5,8,20H,6-7,9H2,(H,21,23)(H,22,24). The van der Waals surface area contributed by atoms with Crippen molar-refractivity contribution in [2.45, 2.75) is 13.0 Å². The summed E-state index contributed by atoms with van der Waals surface area (Å²) in [5, 5.41) is 5.86. The molecule has 4 rings (SSSR count). The van der Waals surface area contributed by atoms with Gasteiger partial charge < -0.3 is 20.4 Å². The quantitative estimate of drug-likeness (QED) is 0.629. The Morgan fingerprint density at radius 1 is 1.23 bits per heavy atom. The van der Waals surface area contributed by atoms with E-state index < -0.39 is 11.8 Å². The minimum atomic E-state index is -0.563. The maximum Gasteiger partial charge on any atom is 0.338 e. The van der Waals surface area contributed by atoms with Crippen molar-refractivity contribution in [3.8, 4) is 0 Å². The molecule has 3 aromatic rings. The Kier molecular flexibility index (Phi) is 4.00. The van der Waals surface area contributed by atoms with Crippen LogP contribution in [0.4, 0.5) is 15.8 Å². The Bertz CT molecular complexity index is 1010. The number of amides is 1. The van der Waals surface area contributed by atoms with Crippen LogP contribution in [0, 0.1) is 5.82 Å². The SMILES string of the molecule is O=C1CCNc2ccc(C(=O)OCc3nc4c(F)cccc4[nH]3)cc2N1. The van der Waals surface area contributed by atoms with Crippen molar-refractivity contribution < 1.29 is 18.7 Å². The normalized spacial score (nSPS) is 13.5. The lowest BCUT2D eigenvalue weighted by Gasteiger charge is -2.09. The Morgan fingerprint density at radius 2 is 2.12 bits per heavy atom. The largest absolute Gasteiger partial charge is 0.454 e. The molecule has 0 radical (unpaired) electrons. The third kappa shape index (κ3) is 3.08. The molecule has 0 aliphatic carbocycles. The van der Waals surface area contributed by atoms with Gasteiger partial charge in [0.1, 0.15) is 17.9 Å². The molecule has 0 bridgehead atoms. The van der Waals surface area contributed by atoms with Crippen LogP contribution in [-0.2, 0) is 16.1 Å². The van der Waals surface area contributed by atoms with Crippen LogP contribution in [0.15, 0.2) is 36.4 Å². The van der Waals surface area contributed by atoms with Gasteiger partial charge in [0.2, 0.25) is 5.91 Å². The third-order valence-corrected chi connectivity index (χ3v) is 4.05. The summed E-state index contributed by atoms with van der Waals surface area (Å²) in [5.41, 5.74) is 2.33.